The van der Waals surface area contributed by atoms with Gasteiger partial charge in [-0.15, -0.1) is 0 Å². The zero-order chi connectivity index (χ0) is 20.1. The molecule has 1 amide bonds. The van der Waals surface area contributed by atoms with Gasteiger partial charge in [0.05, 0.1) is 35.8 Å². The molecular formula is C20H20FN5O2. The Hall–Kier alpha value is -3.44. The SMILES string of the molecule is Cc1cc(C#N)ccc1Nc1c(C(=O)NOCC2CC2)ccc(N=CN)c1F. The molecule has 1 aliphatic rings. The van der Waals surface area contributed by atoms with Gasteiger partial charge < -0.3 is 11.1 Å². The molecule has 0 unspecified atom stereocenters. The Kier molecular flexibility index (Phi) is 5.87. The van der Waals surface area contributed by atoms with Crippen LogP contribution >= 0.6 is 0 Å². The molecule has 2 aromatic carbocycles. The molecule has 4 N–H and O–H groups in total. The molecule has 0 aromatic heterocycles. The first-order valence-corrected chi connectivity index (χ1v) is 8.80. The lowest BCUT2D eigenvalue weighted by Gasteiger charge is -2.16. The quantitative estimate of drug-likeness (QED) is 0.386. The van der Waals surface area contributed by atoms with Gasteiger partial charge in [0.2, 0.25) is 0 Å². The van der Waals surface area contributed by atoms with Gasteiger partial charge in [-0.25, -0.2) is 14.9 Å². The topological polar surface area (TPSA) is 113 Å². The number of hydroxylamine groups is 1. The van der Waals surface area contributed by atoms with Gasteiger partial charge in [-0.3, -0.25) is 9.63 Å². The number of nitrogens with one attached hydrogen (secondary N) is 2. The molecule has 1 fully saturated rings. The van der Waals surface area contributed by atoms with Gasteiger partial charge in [0.1, 0.15) is 5.69 Å². The lowest BCUT2D eigenvalue weighted by atomic mass is 10.1. The molecule has 2 aromatic rings. The monoisotopic (exact) mass is 381 g/mol. The van der Waals surface area contributed by atoms with Crippen molar-refractivity contribution in [3.8, 4) is 6.07 Å². The molecule has 8 heteroatoms. The van der Waals surface area contributed by atoms with Crippen molar-refractivity contribution in [2.45, 2.75) is 19.8 Å². The minimum Gasteiger partial charge on any atom is -0.390 e. The van der Waals surface area contributed by atoms with E-state index in [1.807, 2.05) is 6.07 Å². The predicted molar refractivity (Wildman–Crippen MR) is 104 cm³/mol. The molecule has 1 saturated carbocycles. The number of amides is 1. The second-order valence-corrected chi connectivity index (χ2v) is 6.55. The molecule has 0 bridgehead atoms. The van der Waals surface area contributed by atoms with E-state index in [0.29, 0.717) is 23.8 Å². The smallest absolute Gasteiger partial charge is 0.277 e. The third kappa shape index (κ3) is 4.45. The van der Waals surface area contributed by atoms with Crippen LogP contribution in [-0.4, -0.2) is 18.9 Å². The van der Waals surface area contributed by atoms with Crippen molar-refractivity contribution in [1.82, 2.24) is 5.48 Å². The molecular weight excluding hydrogens is 361 g/mol. The fourth-order valence-corrected chi connectivity index (χ4v) is 2.63. The van der Waals surface area contributed by atoms with Crippen molar-refractivity contribution in [2.75, 3.05) is 11.9 Å². The highest BCUT2D eigenvalue weighted by Crippen LogP contribution is 2.33. The van der Waals surface area contributed by atoms with E-state index in [-0.39, 0.29) is 16.9 Å². The summed E-state index contributed by atoms with van der Waals surface area (Å²) in [4.78, 5) is 21.5. The maximum Gasteiger partial charge on any atom is 0.277 e. The second kappa shape index (κ2) is 8.50. The summed E-state index contributed by atoms with van der Waals surface area (Å²) in [5, 5.41) is 11.9. The molecule has 7 nitrogen and oxygen atoms in total. The van der Waals surface area contributed by atoms with Crippen molar-refractivity contribution < 1.29 is 14.0 Å². The van der Waals surface area contributed by atoms with E-state index in [2.05, 4.69) is 15.8 Å². The summed E-state index contributed by atoms with van der Waals surface area (Å²) in [6, 6.07) is 9.78. The highest BCUT2D eigenvalue weighted by molar-refractivity contribution is 6.00. The van der Waals surface area contributed by atoms with Gasteiger partial charge in [-0.05, 0) is 61.6 Å². The number of anilines is 2. The Bertz CT molecular complexity index is 964. The number of hydrogen-bond acceptors (Lipinski definition) is 5. The van der Waals surface area contributed by atoms with Gasteiger partial charge in [-0.2, -0.15) is 5.26 Å². The highest BCUT2D eigenvalue weighted by atomic mass is 19.1. The zero-order valence-corrected chi connectivity index (χ0v) is 15.3. The molecule has 0 saturated heterocycles. The molecule has 3 rings (SSSR count). The first-order valence-electron chi connectivity index (χ1n) is 8.80. The predicted octanol–water partition coefficient (Wildman–Crippen LogP) is 3.44. The molecule has 28 heavy (non-hydrogen) atoms. The Morgan fingerprint density at radius 3 is 2.86 bits per heavy atom. The minimum atomic E-state index is -0.722. The van der Waals surface area contributed by atoms with Crippen LogP contribution in [0, 0.1) is 30.0 Å². The molecule has 0 radical (unpaired) electrons. The Morgan fingerprint density at radius 1 is 1.43 bits per heavy atom. The van der Waals surface area contributed by atoms with Crippen LogP contribution in [-0.2, 0) is 4.84 Å². The number of rotatable bonds is 7. The van der Waals surface area contributed by atoms with Crippen LogP contribution in [0.1, 0.15) is 34.3 Å². The second-order valence-electron chi connectivity index (χ2n) is 6.55. The van der Waals surface area contributed by atoms with Crippen LogP contribution in [0.2, 0.25) is 0 Å². The van der Waals surface area contributed by atoms with Crippen LogP contribution in [0.4, 0.5) is 21.5 Å². The normalized spacial score (nSPS) is 13.3. The number of nitrogens with zero attached hydrogens (tertiary/aromatic N) is 2. The number of hydrogen-bond donors (Lipinski definition) is 3. The Balaban J connectivity index is 1.92. The lowest BCUT2D eigenvalue weighted by Crippen LogP contribution is -2.25. The Labute approximate surface area is 162 Å². The first-order chi connectivity index (χ1) is 13.5. The number of carbonyl (C=O) groups excluding carboxylic acids is 1. The van der Waals surface area contributed by atoms with Gasteiger partial charge in [0, 0.05) is 5.69 Å². The van der Waals surface area contributed by atoms with Crippen molar-refractivity contribution in [3.05, 3.63) is 52.8 Å². The number of nitrogens with two attached hydrogens (primary N) is 1. The third-order valence-corrected chi connectivity index (χ3v) is 4.38. The molecule has 0 heterocycles. The molecule has 1 aliphatic carbocycles. The van der Waals surface area contributed by atoms with E-state index >= 15 is 0 Å². The van der Waals surface area contributed by atoms with Gasteiger partial charge in [0.25, 0.3) is 5.91 Å². The average Bonchev–Trinajstić information content (AvgIpc) is 3.50. The molecule has 0 spiro atoms. The van der Waals surface area contributed by atoms with Crippen molar-refractivity contribution in [2.24, 2.45) is 16.6 Å². The number of aliphatic imine (C=N–C) groups is 1. The van der Waals surface area contributed by atoms with E-state index in [4.69, 9.17) is 15.8 Å². The summed E-state index contributed by atoms with van der Waals surface area (Å²) >= 11 is 0. The number of halogens is 1. The summed E-state index contributed by atoms with van der Waals surface area (Å²) in [6.45, 7) is 2.21. The summed E-state index contributed by atoms with van der Waals surface area (Å²) < 4.78 is 15.0. The fraction of sp³-hybridized carbons (Fsp3) is 0.250. The van der Waals surface area contributed by atoms with E-state index < -0.39 is 11.7 Å². The minimum absolute atomic E-state index is 0.00764. The van der Waals surface area contributed by atoms with E-state index in [9.17, 15) is 9.18 Å². The summed E-state index contributed by atoms with van der Waals surface area (Å²) in [5.41, 5.74) is 9.40. The fourth-order valence-electron chi connectivity index (χ4n) is 2.63. The van der Waals surface area contributed by atoms with Crippen molar-refractivity contribution >= 4 is 29.3 Å². The molecule has 144 valence electrons. The van der Waals surface area contributed by atoms with Gasteiger partial charge >= 0.3 is 0 Å². The van der Waals surface area contributed by atoms with Crippen LogP contribution in [0.15, 0.2) is 35.3 Å². The van der Waals surface area contributed by atoms with Crippen LogP contribution < -0.4 is 16.5 Å². The summed E-state index contributed by atoms with van der Waals surface area (Å²) in [6.07, 6.45) is 3.15. The number of aryl methyl sites for hydroxylation is 1. The maximum absolute atomic E-state index is 15.0. The summed E-state index contributed by atoms with van der Waals surface area (Å²) in [5.74, 6) is -0.825. The van der Waals surface area contributed by atoms with Gasteiger partial charge in [-0.1, -0.05) is 0 Å². The van der Waals surface area contributed by atoms with Crippen LogP contribution in [0.5, 0.6) is 0 Å². The molecule has 0 aliphatic heterocycles. The van der Waals surface area contributed by atoms with Crippen LogP contribution in [0.25, 0.3) is 0 Å². The van der Waals surface area contributed by atoms with Crippen molar-refractivity contribution in [1.29, 1.82) is 5.26 Å². The first kappa shape index (κ1) is 19.3. The Morgan fingerprint density at radius 2 is 2.21 bits per heavy atom. The number of carbonyl (C=O) groups is 1. The van der Waals surface area contributed by atoms with E-state index in [0.717, 1.165) is 24.7 Å². The highest BCUT2D eigenvalue weighted by Gasteiger charge is 2.23. The summed E-state index contributed by atoms with van der Waals surface area (Å²) in [7, 11) is 0. The van der Waals surface area contributed by atoms with Gasteiger partial charge in [0.15, 0.2) is 5.82 Å². The van der Waals surface area contributed by atoms with E-state index in [1.54, 1.807) is 25.1 Å². The standard InChI is InChI=1S/C20H20FN5O2/c1-12-8-14(9-22)4-6-16(12)25-19-15(5-7-17(18(19)21)24-11-23)20(27)26-28-10-13-2-3-13/h4-8,11,13,25H,2-3,10H2,1H3,(H2,23,24)(H,26,27). The van der Waals surface area contributed by atoms with E-state index in [1.165, 1.54) is 12.1 Å². The molecule has 0 atom stereocenters. The average molecular weight is 381 g/mol. The van der Waals surface area contributed by atoms with Crippen molar-refractivity contribution in [3.63, 3.8) is 0 Å². The third-order valence-electron chi connectivity index (χ3n) is 4.38. The zero-order valence-electron chi connectivity index (χ0n) is 15.3. The maximum atomic E-state index is 15.0. The number of nitriles is 1. The number of benzene rings is 2. The largest absolute Gasteiger partial charge is 0.390 e. The van der Waals surface area contributed by atoms with Crippen LogP contribution in [0.3, 0.4) is 0 Å². The lowest BCUT2D eigenvalue weighted by molar-refractivity contribution is 0.0271.